The molecule has 0 saturated heterocycles. The predicted molar refractivity (Wildman–Crippen MR) is 82.5 cm³/mol. The van der Waals surface area contributed by atoms with Crippen LogP contribution < -0.4 is 0 Å². The maximum absolute atomic E-state index is 12.8. The zero-order valence-corrected chi connectivity index (χ0v) is 13.8. The fourth-order valence-corrected chi connectivity index (χ4v) is 4.03. The number of methoxy groups -OCH3 is 1. The normalized spacial score (nSPS) is 12.3. The largest absolute Gasteiger partial charge is 0.392 e. The summed E-state index contributed by atoms with van der Waals surface area (Å²) in [5.74, 6) is 0. The lowest BCUT2D eigenvalue weighted by Gasteiger charge is -2.29. The van der Waals surface area contributed by atoms with E-state index in [4.69, 9.17) is 9.84 Å². The molecule has 1 aromatic carbocycles. The van der Waals surface area contributed by atoms with E-state index in [9.17, 15) is 8.42 Å². The van der Waals surface area contributed by atoms with Gasteiger partial charge in [-0.15, -0.1) is 0 Å². The molecule has 0 radical (unpaired) electrons. The molecule has 0 aliphatic heterocycles. The third kappa shape index (κ3) is 4.51. The Morgan fingerprint density at radius 2 is 1.76 bits per heavy atom. The topological polar surface area (TPSA) is 66.8 Å². The molecule has 5 nitrogen and oxygen atoms in total. The standard InChI is InChI=1S/C15H25NO4S/c1-4-14(5-2)16(10-11-20-3)21(18,19)15-8-6-13(12-17)7-9-15/h6-9,14,17H,4-5,10-12H2,1-3H3. The van der Waals surface area contributed by atoms with Crippen LogP contribution in [0, 0.1) is 0 Å². The maximum Gasteiger partial charge on any atom is 0.243 e. The fraction of sp³-hybridized carbons (Fsp3) is 0.600. The molecule has 0 atom stereocenters. The summed E-state index contributed by atoms with van der Waals surface area (Å²) in [4.78, 5) is 0.253. The van der Waals surface area contributed by atoms with Crippen molar-refractivity contribution in [1.29, 1.82) is 0 Å². The molecule has 6 heteroatoms. The van der Waals surface area contributed by atoms with Gasteiger partial charge >= 0.3 is 0 Å². The highest BCUT2D eigenvalue weighted by molar-refractivity contribution is 7.89. The molecule has 0 unspecified atom stereocenters. The molecule has 0 amide bonds. The monoisotopic (exact) mass is 315 g/mol. The number of hydrogen-bond donors (Lipinski definition) is 1. The number of aliphatic hydroxyl groups excluding tert-OH is 1. The number of ether oxygens (including phenoxy) is 1. The molecule has 21 heavy (non-hydrogen) atoms. The van der Waals surface area contributed by atoms with Gasteiger partial charge in [0.2, 0.25) is 10.0 Å². The van der Waals surface area contributed by atoms with Crippen LogP contribution in [0.25, 0.3) is 0 Å². The van der Waals surface area contributed by atoms with Gasteiger partial charge in [0.1, 0.15) is 0 Å². The third-order valence-corrected chi connectivity index (χ3v) is 5.54. The first-order chi connectivity index (χ1) is 10.0. The first-order valence-corrected chi connectivity index (χ1v) is 8.65. The molecule has 0 fully saturated rings. The maximum atomic E-state index is 12.8. The summed E-state index contributed by atoms with van der Waals surface area (Å²) in [7, 11) is -1.99. The summed E-state index contributed by atoms with van der Waals surface area (Å²) in [5, 5.41) is 9.04. The molecule has 0 aliphatic carbocycles. The van der Waals surface area contributed by atoms with Crippen LogP contribution >= 0.6 is 0 Å². The van der Waals surface area contributed by atoms with Crippen molar-refractivity contribution in [3.63, 3.8) is 0 Å². The fourth-order valence-electron chi connectivity index (χ4n) is 2.28. The van der Waals surface area contributed by atoms with Gasteiger partial charge in [0.05, 0.1) is 18.1 Å². The number of nitrogens with zero attached hydrogens (tertiary/aromatic N) is 1. The third-order valence-electron chi connectivity index (χ3n) is 3.58. The summed E-state index contributed by atoms with van der Waals surface area (Å²) < 4.78 is 32.2. The highest BCUT2D eigenvalue weighted by Crippen LogP contribution is 2.21. The van der Waals surface area contributed by atoms with Crippen molar-refractivity contribution < 1.29 is 18.3 Å². The second-order valence-electron chi connectivity index (χ2n) is 4.88. The van der Waals surface area contributed by atoms with E-state index < -0.39 is 10.0 Å². The Bertz CT molecular complexity index is 509. The summed E-state index contributed by atoms with van der Waals surface area (Å²) in [6, 6.07) is 6.32. The Balaban J connectivity index is 3.12. The van der Waals surface area contributed by atoms with Crippen LogP contribution in [0.3, 0.4) is 0 Å². The van der Waals surface area contributed by atoms with E-state index in [0.717, 1.165) is 12.8 Å². The van der Waals surface area contributed by atoms with Gasteiger partial charge in [-0.2, -0.15) is 4.31 Å². The number of aliphatic hydroxyl groups is 1. The molecule has 1 rings (SSSR count). The van der Waals surface area contributed by atoms with Crippen molar-refractivity contribution in [2.45, 2.75) is 44.2 Å². The molecule has 0 aromatic heterocycles. The average molecular weight is 315 g/mol. The van der Waals surface area contributed by atoms with Gasteiger partial charge in [-0.3, -0.25) is 0 Å². The van der Waals surface area contributed by atoms with Gasteiger partial charge in [0, 0.05) is 19.7 Å². The average Bonchev–Trinajstić information content (AvgIpc) is 2.51. The van der Waals surface area contributed by atoms with E-state index >= 15 is 0 Å². The lowest BCUT2D eigenvalue weighted by molar-refractivity contribution is 0.163. The molecule has 1 aromatic rings. The van der Waals surface area contributed by atoms with Crippen LogP contribution in [0.4, 0.5) is 0 Å². The second-order valence-corrected chi connectivity index (χ2v) is 6.77. The minimum Gasteiger partial charge on any atom is -0.392 e. The second kappa shape index (κ2) is 8.48. The Labute approximate surface area is 127 Å². The van der Waals surface area contributed by atoms with Crippen LogP contribution in [-0.2, 0) is 21.4 Å². The predicted octanol–water partition coefficient (Wildman–Crippen LogP) is 2.00. The van der Waals surface area contributed by atoms with Gasteiger partial charge in [-0.1, -0.05) is 26.0 Å². The Kier molecular flexibility index (Phi) is 7.31. The van der Waals surface area contributed by atoms with Crippen LogP contribution in [0.15, 0.2) is 29.2 Å². The summed E-state index contributed by atoms with van der Waals surface area (Å²) in [6.45, 7) is 4.58. The molecule has 0 bridgehead atoms. The van der Waals surface area contributed by atoms with Crippen molar-refractivity contribution in [1.82, 2.24) is 4.31 Å². The SMILES string of the molecule is CCC(CC)N(CCOC)S(=O)(=O)c1ccc(CO)cc1. The van der Waals surface area contributed by atoms with Gasteiger partial charge in [0.25, 0.3) is 0 Å². The van der Waals surface area contributed by atoms with E-state index in [2.05, 4.69) is 0 Å². The molecule has 1 N–H and O–H groups in total. The Morgan fingerprint density at radius 1 is 1.19 bits per heavy atom. The smallest absolute Gasteiger partial charge is 0.243 e. The molecule has 0 spiro atoms. The van der Waals surface area contributed by atoms with E-state index in [0.29, 0.717) is 18.7 Å². The quantitative estimate of drug-likeness (QED) is 0.757. The molecular weight excluding hydrogens is 290 g/mol. The van der Waals surface area contributed by atoms with Gasteiger partial charge in [0.15, 0.2) is 0 Å². The van der Waals surface area contributed by atoms with Crippen molar-refractivity contribution in [2.24, 2.45) is 0 Å². The van der Waals surface area contributed by atoms with Crippen molar-refractivity contribution >= 4 is 10.0 Å². The summed E-state index contributed by atoms with van der Waals surface area (Å²) in [5.41, 5.74) is 0.694. The molecule has 0 saturated carbocycles. The van der Waals surface area contributed by atoms with Crippen molar-refractivity contribution in [2.75, 3.05) is 20.3 Å². The van der Waals surface area contributed by atoms with Gasteiger partial charge < -0.3 is 9.84 Å². The van der Waals surface area contributed by atoms with E-state index in [1.54, 1.807) is 31.4 Å². The lowest BCUT2D eigenvalue weighted by Crippen LogP contribution is -2.41. The molecular formula is C15H25NO4S. The molecule has 0 heterocycles. The minimum atomic E-state index is -3.55. The van der Waals surface area contributed by atoms with Crippen LogP contribution in [0.1, 0.15) is 32.3 Å². The minimum absolute atomic E-state index is 0.0392. The molecule has 0 aliphatic rings. The highest BCUT2D eigenvalue weighted by atomic mass is 32.2. The van der Waals surface area contributed by atoms with E-state index in [1.165, 1.54) is 4.31 Å². The summed E-state index contributed by atoms with van der Waals surface area (Å²) in [6.07, 6.45) is 1.52. The van der Waals surface area contributed by atoms with Gasteiger partial charge in [-0.25, -0.2) is 8.42 Å². The van der Waals surface area contributed by atoms with Crippen LogP contribution in [-0.4, -0.2) is 44.1 Å². The van der Waals surface area contributed by atoms with Crippen molar-refractivity contribution in [3.8, 4) is 0 Å². The van der Waals surface area contributed by atoms with Crippen molar-refractivity contribution in [3.05, 3.63) is 29.8 Å². The Hall–Kier alpha value is -0.950. The number of rotatable bonds is 9. The van der Waals surface area contributed by atoms with Gasteiger partial charge in [-0.05, 0) is 30.5 Å². The first-order valence-electron chi connectivity index (χ1n) is 7.21. The summed E-state index contributed by atoms with van der Waals surface area (Å²) >= 11 is 0. The molecule has 120 valence electrons. The van der Waals surface area contributed by atoms with E-state index in [1.807, 2.05) is 13.8 Å². The highest BCUT2D eigenvalue weighted by Gasteiger charge is 2.29. The number of sulfonamides is 1. The van der Waals surface area contributed by atoms with Crippen LogP contribution in [0.5, 0.6) is 0 Å². The number of hydrogen-bond acceptors (Lipinski definition) is 4. The zero-order valence-electron chi connectivity index (χ0n) is 12.9. The first kappa shape index (κ1) is 18.1. The zero-order chi connectivity index (χ0) is 15.9. The Morgan fingerprint density at radius 3 is 2.19 bits per heavy atom. The van der Waals surface area contributed by atoms with E-state index in [-0.39, 0.29) is 17.5 Å². The number of benzene rings is 1. The lowest BCUT2D eigenvalue weighted by atomic mass is 10.2. The van der Waals surface area contributed by atoms with Crippen LogP contribution in [0.2, 0.25) is 0 Å².